The zero-order valence-corrected chi connectivity index (χ0v) is 14.1. The molecular formula is C16H28N2O5. The highest BCUT2D eigenvalue weighted by Crippen LogP contribution is 2.23. The number of carbonyl (C=O) groups is 2. The van der Waals surface area contributed by atoms with E-state index in [2.05, 4.69) is 6.92 Å². The van der Waals surface area contributed by atoms with Crippen LogP contribution in [-0.2, 0) is 19.1 Å². The molecule has 0 aromatic carbocycles. The maximum Gasteiger partial charge on any atom is 0.317 e. The van der Waals surface area contributed by atoms with Gasteiger partial charge in [0.25, 0.3) is 0 Å². The largest absolute Gasteiger partial charge is 0.480 e. The fraction of sp³-hybridized carbons (Fsp3) is 0.875. The highest BCUT2D eigenvalue weighted by molar-refractivity contribution is 5.76. The molecule has 0 radical (unpaired) electrons. The van der Waals surface area contributed by atoms with E-state index in [9.17, 15) is 9.59 Å². The van der Waals surface area contributed by atoms with E-state index in [0.29, 0.717) is 38.8 Å². The van der Waals surface area contributed by atoms with E-state index in [-0.39, 0.29) is 24.7 Å². The minimum absolute atomic E-state index is 0.0228. The van der Waals surface area contributed by atoms with Crippen molar-refractivity contribution < 1.29 is 24.2 Å². The molecule has 1 N–H and O–H groups in total. The number of ether oxygens (including phenoxy) is 2. The zero-order valence-electron chi connectivity index (χ0n) is 14.1. The second-order valence-electron chi connectivity index (χ2n) is 6.61. The van der Waals surface area contributed by atoms with E-state index in [1.54, 1.807) is 11.9 Å². The molecule has 2 heterocycles. The Balaban J connectivity index is 1.71. The minimum atomic E-state index is -0.859. The maximum atomic E-state index is 12.4. The van der Waals surface area contributed by atoms with Crippen molar-refractivity contribution in [1.29, 1.82) is 0 Å². The van der Waals surface area contributed by atoms with Gasteiger partial charge in [-0.1, -0.05) is 0 Å². The van der Waals surface area contributed by atoms with Gasteiger partial charge in [0.1, 0.15) is 0 Å². The van der Waals surface area contributed by atoms with Crippen molar-refractivity contribution in [3.63, 3.8) is 0 Å². The average Bonchev–Trinajstić information content (AvgIpc) is 2.89. The molecule has 2 aliphatic heterocycles. The van der Waals surface area contributed by atoms with Crippen molar-refractivity contribution >= 4 is 11.9 Å². The molecule has 1 amide bonds. The van der Waals surface area contributed by atoms with Crippen LogP contribution in [-0.4, -0.2) is 84.9 Å². The Morgan fingerprint density at radius 1 is 1.30 bits per heavy atom. The van der Waals surface area contributed by atoms with Crippen LogP contribution in [0.25, 0.3) is 0 Å². The SMILES string of the molecule is CC1CCC(CCC(=O)N2CCOC(CN(C)CC(=O)O)C2)O1. The second kappa shape index (κ2) is 8.61. The Labute approximate surface area is 137 Å². The Morgan fingerprint density at radius 2 is 2.09 bits per heavy atom. The number of hydrogen-bond acceptors (Lipinski definition) is 5. The van der Waals surface area contributed by atoms with Gasteiger partial charge in [-0.05, 0) is 33.2 Å². The number of likely N-dealkylation sites (N-methyl/N-ethyl adjacent to an activating group) is 1. The van der Waals surface area contributed by atoms with Crippen molar-refractivity contribution in [3.8, 4) is 0 Å². The summed E-state index contributed by atoms with van der Waals surface area (Å²) in [6.45, 7) is 4.21. The minimum Gasteiger partial charge on any atom is -0.480 e. The lowest BCUT2D eigenvalue weighted by Crippen LogP contribution is -2.49. The summed E-state index contributed by atoms with van der Waals surface area (Å²) in [6.07, 6.45) is 3.81. The van der Waals surface area contributed by atoms with Gasteiger partial charge in [-0.3, -0.25) is 14.5 Å². The summed E-state index contributed by atoms with van der Waals surface area (Å²) < 4.78 is 11.4. The van der Waals surface area contributed by atoms with Crippen LogP contribution in [0.1, 0.15) is 32.6 Å². The highest BCUT2D eigenvalue weighted by Gasteiger charge is 2.27. The standard InChI is InChI=1S/C16H28N2O5/c1-12-3-4-13(23-12)5-6-15(19)18-7-8-22-14(10-18)9-17(2)11-16(20)21/h12-14H,3-11H2,1-2H3,(H,20,21). The van der Waals surface area contributed by atoms with Crippen LogP contribution in [0, 0.1) is 0 Å². The molecule has 2 fully saturated rings. The van der Waals surface area contributed by atoms with Crippen molar-refractivity contribution in [2.45, 2.75) is 50.9 Å². The molecule has 2 saturated heterocycles. The highest BCUT2D eigenvalue weighted by atomic mass is 16.5. The molecule has 3 unspecified atom stereocenters. The number of hydrogen-bond donors (Lipinski definition) is 1. The number of morpholine rings is 1. The second-order valence-corrected chi connectivity index (χ2v) is 6.61. The predicted molar refractivity (Wildman–Crippen MR) is 84.3 cm³/mol. The molecule has 0 saturated carbocycles. The van der Waals surface area contributed by atoms with Gasteiger partial charge >= 0.3 is 5.97 Å². The fourth-order valence-corrected chi connectivity index (χ4v) is 3.24. The van der Waals surface area contributed by atoms with E-state index >= 15 is 0 Å². The van der Waals surface area contributed by atoms with Crippen molar-refractivity contribution in [1.82, 2.24) is 9.80 Å². The number of carboxylic acids is 1. The van der Waals surface area contributed by atoms with Gasteiger partial charge < -0.3 is 19.5 Å². The van der Waals surface area contributed by atoms with E-state index < -0.39 is 5.97 Å². The molecule has 7 heteroatoms. The van der Waals surface area contributed by atoms with Crippen molar-refractivity contribution in [3.05, 3.63) is 0 Å². The quantitative estimate of drug-likeness (QED) is 0.736. The Hall–Kier alpha value is -1.18. The fourth-order valence-electron chi connectivity index (χ4n) is 3.24. The number of carboxylic acid groups (broad SMARTS) is 1. The summed E-state index contributed by atoms with van der Waals surface area (Å²) in [5.41, 5.74) is 0. The third-order valence-electron chi connectivity index (χ3n) is 4.41. The van der Waals surface area contributed by atoms with Gasteiger partial charge in [-0.2, -0.15) is 0 Å². The third kappa shape index (κ3) is 6.08. The summed E-state index contributed by atoms with van der Waals surface area (Å²) in [5.74, 6) is -0.718. The van der Waals surface area contributed by atoms with Gasteiger partial charge in [-0.25, -0.2) is 0 Å². The van der Waals surface area contributed by atoms with E-state index in [4.69, 9.17) is 14.6 Å². The first-order chi connectivity index (χ1) is 10.9. The van der Waals surface area contributed by atoms with Crippen molar-refractivity contribution in [2.24, 2.45) is 0 Å². The molecule has 7 nitrogen and oxygen atoms in total. The number of rotatable bonds is 7. The van der Waals surface area contributed by atoms with Gasteiger partial charge in [-0.15, -0.1) is 0 Å². The van der Waals surface area contributed by atoms with Crippen LogP contribution in [0.5, 0.6) is 0 Å². The van der Waals surface area contributed by atoms with Crippen LogP contribution < -0.4 is 0 Å². The van der Waals surface area contributed by atoms with Crippen LogP contribution in [0.2, 0.25) is 0 Å². The maximum absolute atomic E-state index is 12.4. The van der Waals surface area contributed by atoms with Crippen molar-refractivity contribution in [2.75, 3.05) is 39.8 Å². The zero-order chi connectivity index (χ0) is 16.8. The lowest BCUT2D eigenvalue weighted by atomic mass is 10.1. The molecule has 2 rings (SSSR count). The molecule has 0 spiro atoms. The Morgan fingerprint density at radius 3 is 2.74 bits per heavy atom. The molecule has 132 valence electrons. The molecule has 0 aromatic rings. The number of amides is 1. The van der Waals surface area contributed by atoms with Crippen LogP contribution in [0.15, 0.2) is 0 Å². The molecule has 3 atom stereocenters. The molecule has 0 bridgehead atoms. The van der Waals surface area contributed by atoms with Gasteiger partial charge in [0.15, 0.2) is 0 Å². The van der Waals surface area contributed by atoms with Crippen LogP contribution in [0.3, 0.4) is 0 Å². The number of carbonyl (C=O) groups excluding carboxylic acids is 1. The summed E-state index contributed by atoms with van der Waals surface area (Å²) >= 11 is 0. The Bertz CT molecular complexity index is 417. The van der Waals surface area contributed by atoms with E-state index in [1.165, 1.54) is 0 Å². The number of aliphatic carboxylic acids is 1. The lowest BCUT2D eigenvalue weighted by molar-refractivity contribution is -0.142. The van der Waals surface area contributed by atoms with Gasteiger partial charge in [0.05, 0.1) is 31.5 Å². The molecule has 0 aliphatic carbocycles. The first-order valence-corrected chi connectivity index (χ1v) is 8.39. The predicted octanol–water partition coefficient (Wildman–Crippen LogP) is 0.578. The van der Waals surface area contributed by atoms with Crippen LogP contribution in [0.4, 0.5) is 0 Å². The van der Waals surface area contributed by atoms with Gasteiger partial charge in [0, 0.05) is 26.1 Å². The van der Waals surface area contributed by atoms with Gasteiger partial charge in [0.2, 0.25) is 5.91 Å². The average molecular weight is 328 g/mol. The van der Waals surface area contributed by atoms with E-state index in [0.717, 1.165) is 19.3 Å². The van der Waals surface area contributed by atoms with E-state index in [1.807, 2.05) is 4.90 Å². The summed E-state index contributed by atoms with van der Waals surface area (Å²) in [5, 5.41) is 8.79. The van der Waals surface area contributed by atoms with Crippen LogP contribution >= 0.6 is 0 Å². The smallest absolute Gasteiger partial charge is 0.317 e. The lowest BCUT2D eigenvalue weighted by Gasteiger charge is -2.34. The summed E-state index contributed by atoms with van der Waals surface area (Å²) in [6, 6.07) is 0. The molecule has 0 aromatic heterocycles. The molecule has 23 heavy (non-hydrogen) atoms. The Kier molecular flexibility index (Phi) is 6.80. The normalized spacial score (nSPS) is 28.3. The topological polar surface area (TPSA) is 79.3 Å². The number of nitrogens with zero attached hydrogens (tertiary/aromatic N) is 2. The molecule has 2 aliphatic rings. The molecular weight excluding hydrogens is 300 g/mol. The monoisotopic (exact) mass is 328 g/mol. The third-order valence-corrected chi connectivity index (χ3v) is 4.41. The summed E-state index contributed by atoms with van der Waals surface area (Å²) in [7, 11) is 1.75. The first kappa shape index (κ1) is 18.2. The summed E-state index contributed by atoms with van der Waals surface area (Å²) in [4.78, 5) is 26.6. The first-order valence-electron chi connectivity index (χ1n) is 8.39.